The summed E-state index contributed by atoms with van der Waals surface area (Å²) in [6, 6.07) is 12.1. The normalized spacial score (nSPS) is 10.5. The van der Waals surface area contributed by atoms with Crippen LogP contribution in [0.2, 0.25) is 10.0 Å². The highest BCUT2D eigenvalue weighted by atomic mass is 35.5. The molecule has 0 saturated heterocycles. The molecular formula is C16H11Cl2N3O2S. The molecule has 24 heavy (non-hydrogen) atoms. The maximum absolute atomic E-state index is 12.5. The molecule has 0 bridgehead atoms. The van der Waals surface area contributed by atoms with Crippen molar-refractivity contribution >= 4 is 46.3 Å². The van der Waals surface area contributed by atoms with Gasteiger partial charge in [-0.3, -0.25) is 4.79 Å². The van der Waals surface area contributed by atoms with Crippen molar-refractivity contribution in [1.29, 1.82) is 0 Å². The van der Waals surface area contributed by atoms with Crippen molar-refractivity contribution in [2.45, 2.75) is 0 Å². The molecule has 1 heterocycles. The van der Waals surface area contributed by atoms with E-state index in [1.807, 2.05) is 12.1 Å². The predicted octanol–water partition coefficient (Wildman–Crippen LogP) is 4.77. The first kappa shape index (κ1) is 16.7. The summed E-state index contributed by atoms with van der Waals surface area (Å²) in [5.74, 6) is 0.415. The fourth-order valence-electron chi connectivity index (χ4n) is 2.04. The van der Waals surface area contributed by atoms with Crippen LogP contribution in [0.1, 0.15) is 9.67 Å². The van der Waals surface area contributed by atoms with Crippen molar-refractivity contribution in [1.82, 2.24) is 9.59 Å². The average molecular weight is 380 g/mol. The zero-order chi connectivity index (χ0) is 17.1. The molecule has 3 aromatic rings. The monoisotopic (exact) mass is 379 g/mol. The lowest BCUT2D eigenvalue weighted by atomic mass is 10.1. The first-order chi connectivity index (χ1) is 11.6. The Hall–Kier alpha value is -2.15. The average Bonchev–Trinajstić information content (AvgIpc) is 3.08. The van der Waals surface area contributed by atoms with Crippen molar-refractivity contribution in [3.63, 3.8) is 0 Å². The third-order valence-electron chi connectivity index (χ3n) is 3.24. The number of hydrogen-bond acceptors (Lipinski definition) is 5. The summed E-state index contributed by atoms with van der Waals surface area (Å²) < 4.78 is 9.02. The van der Waals surface area contributed by atoms with Crippen LogP contribution in [0.15, 0.2) is 42.5 Å². The number of anilines is 1. The van der Waals surface area contributed by atoms with E-state index in [0.29, 0.717) is 26.3 Å². The SMILES string of the molecule is COc1ccc(-c2nnsc2C(=O)Nc2ccc(Cl)c(Cl)c2)cc1. The van der Waals surface area contributed by atoms with Gasteiger partial charge in [0.15, 0.2) is 0 Å². The first-order valence-corrected chi connectivity index (χ1v) is 8.34. The highest BCUT2D eigenvalue weighted by molar-refractivity contribution is 7.08. The van der Waals surface area contributed by atoms with Gasteiger partial charge < -0.3 is 10.1 Å². The Kier molecular flexibility index (Phi) is 4.99. The number of aromatic nitrogens is 2. The molecule has 0 saturated carbocycles. The Bertz CT molecular complexity index is 881. The van der Waals surface area contributed by atoms with Gasteiger partial charge in [-0.25, -0.2) is 0 Å². The van der Waals surface area contributed by atoms with E-state index in [1.165, 1.54) is 0 Å². The summed E-state index contributed by atoms with van der Waals surface area (Å²) in [6.07, 6.45) is 0. The van der Waals surface area contributed by atoms with Gasteiger partial charge in [-0.2, -0.15) is 0 Å². The minimum atomic E-state index is -0.311. The molecule has 0 atom stereocenters. The quantitative estimate of drug-likeness (QED) is 0.708. The minimum absolute atomic E-state index is 0.311. The fourth-order valence-corrected chi connectivity index (χ4v) is 2.92. The Balaban J connectivity index is 1.85. The molecule has 2 aromatic carbocycles. The number of rotatable bonds is 4. The third kappa shape index (κ3) is 3.51. The van der Waals surface area contributed by atoms with E-state index in [9.17, 15) is 4.79 Å². The molecule has 1 aromatic heterocycles. The van der Waals surface area contributed by atoms with Gasteiger partial charge in [-0.15, -0.1) is 5.10 Å². The van der Waals surface area contributed by atoms with Crippen molar-refractivity contribution < 1.29 is 9.53 Å². The van der Waals surface area contributed by atoms with E-state index < -0.39 is 0 Å². The molecule has 1 N–H and O–H groups in total. The Labute approximate surface area is 152 Å². The molecule has 0 aliphatic heterocycles. The van der Waals surface area contributed by atoms with Gasteiger partial charge in [-0.05, 0) is 54.0 Å². The topological polar surface area (TPSA) is 64.1 Å². The van der Waals surface area contributed by atoms with E-state index in [0.717, 1.165) is 22.8 Å². The summed E-state index contributed by atoms with van der Waals surface area (Å²) in [5, 5.41) is 7.62. The first-order valence-electron chi connectivity index (χ1n) is 6.81. The second-order valence-corrected chi connectivity index (χ2v) is 6.33. The zero-order valence-electron chi connectivity index (χ0n) is 12.4. The molecule has 3 rings (SSSR count). The van der Waals surface area contributed by atoms with Crippen molar-refractivity contribution in [3.05, 3.63) is 57.4 Å². The van der Waals surface area contributed by atoms with E-state index in [1.54, 1.807) is 37.4 Å². The van der Waals surface area contributed by atoms with E-state index in [-0.39, 0.29) is 5.91 Å². The lowest BCUT2D eigenvalue weighted by Crippen LogP contribution is -2.11. The van der Waals surface area contributed by atoms with Gasteiger partial charge in [0.2, 0.25) is 0 Å². The summed E-state index contributed by atoms with van der Waals surface area (Å²) in [4.78, 5) is 12.9. The Morgan fingerprint density at radius 1 is 1.12 bits per heavy atom. The number of benzene rings is 2. The van der Waals surface area contributed by atoms with Crippen LogP contribution in [0, 0.1) is 0 Å². The van der Waals surface area contributed by atoms with Gasteiger partial charge in [0, 0.05) is 11.3 Å². The number of carbonyl (C=O) groups is 1. The van der Waals surface area contributed by atoms with Crippen LogP contribution in [0.4, 0.5) is 5.69 Å². The number of carbonyl (C=O) groups excluding carboxylic acids is 1. The van der Waals surface area contributed by atoms with Crippen LogP contribution >= 0.6 is 34.7 Å². The van der Waals surface area contributed by atoms with Crippen LogP contribution in [-0.2, 0) is 0 Å². The maximum Gasteiger partial charge on any atom is 0.269 e. The van der Waals surface area contributed by atoms with Crippen molar-refractivity contribution in [3.8, 4) is 17.0 Å². The molecule has 0 aliphatic rings. The van der Waals surface area contributed by atoms with Gasteiger partial charge >= 0.3 is 0 Å². The molecular weight excluding hydrogens is 369 g/mol. The highest BCUT2D eigenvalue weighted by Gasteiger charge is 2.18. The highest BCUT2D eigenvalue weighted by Crippen LogP contribution is 2.28. The van der Waals surface area contributed by atoms with Crippen LogP contribution in [-0.4, -0.2) is 22.6 Å². The minimum Gasteiger partial charge on any atom is -0.497 e. The van der Waals surface area contributed by atoms with Gasteiger partial charge in [0.25, 0.3) is 5.91 Å². The fraction of sp³-hybridized carbons (Fsp3) is 0.0625. The largest absolute Gasteiger partial charge is 0.497 e. The zero-order valence-corrected chi connectivity index (χ0v) is 14.7. The number of methoxy groups -OCH3 is 1. The number of ether oxygens (including phenoxy) is 1. The maximum atomic E-state index is 12.5. The summed E-state index contributed by atoms with van der Waals surface area (Å²) in [5.41, 5.74) is 1.84. The summed E-state index contributed by atoms with van der Waals surface area (Å²) in [6.45, 7) is 0. The van der Waals surface area contributed by atoms with E-state index in [4.69, 9.17) is 27.9 Å². The van der Waals surface area contributed by atoms with Gasteiger partial charge in [0.05, 0.1) is 17.2 Å². The summed E-state index contributed by atoms with van der Waals surface area (Å²) in [7, 11) is 1.59. The van der Waals surface area contributed by atoms with Crippen LogP contribution in [0.5, 0.6) is 5.75 Å². The number of hydrogen-bond donors (Lipinski definition) is 1. The molecule has 0 radical (unpaired) electrons. The molecule has 1 amide bonds. The standard InChI is InChI=1S/C16H11Cl2N3O2S/c1-23-11-5-2-9(3-6-11)14-15(24-21-20-14)16(22)19-10-4-7-12(17)13(18)8-10/h2-8H,1H3,(H,19,22). The lowest BCUT2D eigenvalue weighted by Gasteiger charge is -2.06. The van der Waals surface area contributed by atoms with Crippen molar-refractivity contribution in [2.75, 3.05) is 12.4 Å². The number of nitrogens with zero attached hydrogens (tertiary/aromatic N) is 2. The number of halogens is 2. The smallest absolute Gasteiger partial charge is 0.269 e. The molecule has 122 valence electrons. The second-order valence-electron chi connectivity index (χ2n) is 4.76. The van der Waals surface area contributed by atoms with Gasteiger partial charge in [-0.1, -0.05) is 27.7 Å². The second kappa shape index (κ2) is 7.17. The third-order valence-corrected chi connectivity index (χ3v) is 4.70. The lowest BCUT2D eigenvalue weighted by molar-refractivity contribution is 0.103. The van der Waals surface area contributed by atoms with Crippen LogP contribution in [0.25, 0.3) is 11.3 Å². The van der Waals surface area contributed by atoms with E-state index in [2.05, 4.69) is 14.9 Å². The van der Waals surface area contributed by atoms with Crippen LogP contribution < -0.4 is 10.1 Å². The van der Waals surface area contributed by atoms with E-state index >= 15 is 0 Å². The molecule has 0 unspecified atom stereocenters. The molecule has 8 heteroatoms. The molecule has 0 spiro atoms. The predicted molar refractivity (Wildman–Crippen MR) is 96.3 cm³/mol. The molecule has 0 aliphatic carbocycles. The summed E-state index contributed by atoms with van der Waals surface area (Å²) >= 11 is 12.9. The Morgan fingerprint density at radius 3 is 2.54 bits per heavy atom. The van der Waals surface area contributed by atoms with Crippen molar-refractivity contribution in [2.24, 2.45) is 0 Å². The van der Waals surface area contributed by atoms with Crippen LogP contribution in [0.3, 0.4) is 0 Å². The Morgan fingerprint density at radius 2 is 1.88 bits per heavy atom. The number of amides is 1. The molecule has 0 fully saturated rings. The van der Waals surface area contributed by atoms with Gasteiger partial charge in [0.1, 0.15) is 16.3 Å². The number of nitrogens with one attached hydrogen (secondary N) is 1. The molecule has 5 nitrogen and oxygen atoms in total.